The fourth-order valence-electron chi connectivity index (χ4n) is 1.53. The Hall–Kier alpha value is -2.03. The molecular weight excluding hydrogens is 346 g/mol. The fourth-order valence-corrected chi connectivity index (χ4v) is 2.09. The molecule has 0 radical (unpaired) electrons. The Kier molecular flexibility index (Phi) is 4.28. The van der Waals surface area contributed by atoms with Gasteiger partial charge in [0.05, 0.1) is 16.7 Å². The number of ether oxygens (including phenoxy) is 1. The Bertz CT molecular complexity index is 725. The standard InChI is InChI=1S/C14H7BrClNO3/c15-9-2-3-10(14(18)19)13(6-9)20-12-4-1-8(7-17)5-11(12)16/h1-6H,(H,18,19). The second-order valence-corrected chi connectivity index (χ2v) is 5.13. The third-order valence-electron chi connectivity index (χ3n) is 2.45. The van der Waals surface area contributed by atoms with Crippen LogP contribution in [0.2, 0.25) is 5.02 Å². The van der Waals surface area contributed by atoms with Crippen LogP contribution in [-0.2, 0) is 0 Å². The molecule has 0 saturated carbocycles. The van der Waals surface area contributed by atoms with Crippen LogP contribution >= 0.6 is 27.5 Å². The van der Waals surface area contributed by atoms with Gasteiger partial charge in [-0.3, -0.25) is 0 Å². The smallest absolute Gasteiger partial charge is 0.339 e. The highest BCUT2D eigenvalue weighted by atomic mass is 79.9. The highest BCUT2D eigenvalue weighted by Crippen LogP contribution is 2.33. The van der Waals surface area contributed by atoms with E-state index in [4.69, 9.17) is 26.7 Å². The van der Waals surface area contributed by atoms with Gasteiger partial charge >= 0.3 is 5.97 Å². The van der Waals surface area contributed by atoms with Gasteiger partial charge in [-0.15, -0.1) is 0 Å². The summed E-state index contributed by atoms with van der Waals surface area (Å²) in [5.41, 5.74) is 0.420. The molecule has 0 amide bonds. The number of hydrogen-bond donors (Lipinski definition) is 1. The van der Waals surface area contributed by atoms with E-state index in [0.717, 1.165) is 0 Å². The zero-order valence-corrected chi connectivity index (χ0v) is 12.3. The van der Waals surface area contributed by atoms with E-state index in [1.807, 2.05) is 6.07 Å². The number of halogens is 2. The summed E-state index contributed by atoms with van der Waals surface area (Å²) < 4.78 is 6.21. The Morgan fingerprint density at radius 3 is 2.60 bits per heavy atom. The van der Waals surface area contributed by atoms with Crippen LogP contribution in [0.15, 0.2) is 40.9 Å². The molecule has 1 N–H and O–H groups in total. The number of carboxylic acid groups (broad SMARTS) is 1. The average molecular weight is 353 g/mol. The molecule has 0 saturated heterocycles. The first-order valence-corrected chi connectivity index (χ1v) is 6.58. The second kappa shape index (κ2) is 5.95. The molecule has 0 aliphatic carbocycles. The molecule has 0 fully saturated rings. The first-order chi connectivity index (χ1) is 9.51. The number of rotatable bonds is 3. The van der Waals surface area contributed by atoms with E-state index in [-0.39, 0.29) is 22.1 Å². The monoisotopic (exact) mass is 351 g/mol. The normalized spacial score (nSPS) is 9.85. The van der Waals surface area contributed by atoms with Crippen molar-refractivity contribution in [3.8, 4) is 17.6 Å². The summed E-state index contributed by atoms with van der Waals surface area (Å²) in [7, 11) is 0. The molecule has 100 valence electrons. The number of nitrogens with zero attached hydrogens (tertiary/aromatic N) is 1. The van der Waals surface area contributed by atoms with E-state index < -0.39 is 5.97 Å². The van der Waals surface area contributed by atoms with Crippen molar-refractivity contribution < 1.29 is 14.6 Å². The SMILES string of the molecule is N#Cc1ccc(Oc2cc(Br)ccc2C(=O)O)c(Cl)c1. The summed E-state index contributed by atoms with van der Waals surface area (Å²) in [6, 6.07) is 11.0. The van der Waals surface area contributed by atoms with Crippen molar-refractivity contribution in [2.45, 2.75) is 0 Å². The summed E-state index contributed by atoms with van der Waals surface area (Å²) in [6.07, 6.45) is 0. The zero-order chi connectivity index (χ0) is 14.7. The van der Waals surface area contributed by atoms with Gasteiger partial charge in [0.15, 0.2) is 0 Å². The number of hydrogen-bond acceptors (Lipinski definition) is 3. The van der Waals surface area contributed by atoms with Gasteiger partial charge in [0.1, 0.15) is 17.1 Å². The van der Waals surface area contributed by atoms with Gasteiger partial charge in [-0.25, -0.2) is 4.79 Å². The third kappa shape index (κ3) is 3.10. The fraction of sp³-hybridized carbons (Fsp3) is 0. The van der Waals surface area contributed by atoms with E-state index in [9.17, 15) is 4.79 Å². The van der Waals surface area contributed by atoms with Crippen LogP contribution < -0.4 is 4.74 Å². The molecule has 0 atom stereocenters. The van der Waals surface area contributed by atoms with E-state index in [0.29, 0.717) is 10.0 Å². The van der Waals surface area contributed by atoms with Crippen molar-refractivity contribution in [3.63, 3.8) is 0 Å². The van der Waals surface area contributed by atoms with Crippen LogP contribution in [0.3, 0.4) is 0 Å². The van der Waals surface area contributed by atoms with Crippen LogP contribution in [0.25, 0.3) is 0 Å². The van der Waals surface area contributed by atoms with E-state index in [2.05, 4.69) is 15.9 Å². The maximum atomic E-state index is 11.1. The van der Waals surface area contributed by atoms with Crippen molar-refractivity contribution in [1.82, 2.24) is 0 Å². The van der Waals surface area contributed by atoms with Gasteiger partial charge in [0, 0.05) is 4.47 Å². The molecular formula is C14H7BrClNO3. The lowest BCUT2D eigenvalue weighted by Gasteiger charge is -2.10. The molecule has 0 unspecified atom stereocenters. The lowest BCUT2D eigenvalue weighted by molar-refractivity contribution is 0.0694. The van der Waals surface area contributed by atoms with Crippen LogP contribution in [0.4, 0.5) is 0 Å². The first kappa shape index (κ1) is 14.4. The predicted molar refractivity (Wildman–Crippen MR) is 77.3 cm³/mol. The minimum absolute atomic E-state index is 0.0219. The lowest BCUT2D eigenvalue weighted by Crippen LogP contribution is -2.00. The van der Waals surface area contributed by atoms with Gasteiger partial charge in [-0.2, -0.15) is 5.26 Å². The summed E-state index contributed by atoms with van der Waals surface area (Å²) in [4.78, 5) is 11.1. The molecule has 0 aromatic heterocycles. The quantitative estimate of drug-likeness (QED) is 0.885. The minimum Gasteiger partial charge on any atom is -0.478 e. The van der Waals surface area contributed by atoms with Gasteiger partial charge in [-0.1, -0.05) is 27.5 Å². The Morgan fingerprint density at radius 2 is 2.00 bits per heavy atom. The molecule has 0 bridgehead atoms. The molecule has 2 aromatic rings. The summed E-state index contributed by atoms with van der Waals surface area (Å²) in [5, 5.41) is 18.1. The highest BCUT2D eigenvalue weighted by Gasteiger charge is 2.14. The number of carboxylic acids is 1. The topological polar surface area (TPSA) is 70.3 Å². The van der Waals surface area contributed by atoms with Crippen molar-refractivity contribution >= 4 is 33.5 Å². The van der Waals surface area contributed by atoms with Crippen molar-refractivity contribution in [3.05, 3.63) is 57.0 Å². The molecule has 0 aliphatic heterocycles. The number of carbonyl (C=O) groups is 1. The van der Waals surface area contributed by atoms with Crippen LogP contribution in [0.5, 0.6) is 11.5 Å². The molecule has 20 heavy (non-hydrogen) atoms. The third-order valence-corrected chi connectivity index (χ3v) is 3.24. The predicted octanol–water partition coefficient (Wildman–Crippen LogP) is 4.46. The largest absolute Gasteiger partial charge is 0.478 e. The maximum absolute atomic E-state index is 11.1. The molecule has 0 heterocycles. The Balaban J connectivity index is 2.42. The zero-order valence-electron chi connectivity index (χ0n) is 9.93. The average Bonchev–Trinajstić information content (AvgIpc) is 2.40. The molecule has 6 heteroatoms. The summed E-state index contributed by atoms with van der Waals surface area (Å²) in [6.45, 7) is 0. The van der Waals surface area contributed by atoms with E-state index in [1.54, 1.807) is 12.1 Å². The highest BCUT2D eigenvalue weighted by molar-refractivity contribution is 9.10. The van der Waals surface area contributed by atoms with Crippen LogP contribution in [0.1, 0.15) is 15.9 Å². The van der Waals surface area contributed by atoms with Gasteiger partial charge in [0.2, 0.25) is 0 Å². The van der Waals surface area contributed by atoms with Crippen LogP contribution in [0, 0.1) is 11.3 Å². The van der Waals surface area contributed by atoms with E-state index in [1.165, 1.54) is 24.3 Å². The molecule has 0 aliphatic rings. The molecule has 2 rings (SSSR count). The summed E-state index contributed by atoms with van der Waals surface area (Å²) >= 11 is 9.25. The van der Waals surface area contributed by atoms with Crippen molar-refractivity contribution in [2.24, 2.45) is 0 Å². The molecule has 4 nitrogen and oxygen atoms in total. The second-order valence-electron chi connectivity index (χ2n) is 3.80. The number of benzene rings is 2. The number of aromatic carboxylic acids is 1. The number of nitriles is 1. The van der Waals surface area contributed by atoms with Gasteiger partial charge in [0.25, 0.3) is 0 Å². The molecule has 0 spiro atoms. The van der Waals surface area contributed by atoms with Crippen molar-refractivity contribution in [1.29, 1.82) is 5.26 Å². The lowest BCUT2D eigenvalue weighted by atomic mass is 10.2. The van der Waals surface area contributed by atoms with Gasteiger partial charge in [-0.05, 0) is 36.4 Å². The van der Waals surface area contributed by atoms with E-state index >= 15 is 0 Å². The van der Waals surface area contributed by atoms with Gasteiger partial charge < -0.3 is 9.84 Å². The Morgan fingerprint density at radius 1 is 1.25 bits per heavy atom. The van der Waals surface area contributed by atoms with Crippen LogP contribution in [-0.4, -0.2) is 11.1 Å². The Labute approximate surface area is 128 Å². The first-order valence-electron chi connectivity index (χ1n) is 5.41. The minimum atomic E-state index is -1.10. The maximum Gasteiger partial charge on any atom is 0.339 e. The van der Waals surface area contributed by atoms with Crippen molar-refractivity contribution in [2.75, 3.05) is 0 Å². The summed E-state index contributed by atoms with van der Waals surface area (Å²) in [5.74, 6) is -0.651. The molecule has 2 aromatic carbocycles.